The summed E-state index contributed by atoms with van der Waals surface area (Å²) in [5.41, 5.74) is 1.73. The topological polar surface area (TPSA) is 112 Å². The molecule has 0 saturated carbocycles. The first-order valence-corrected chi connectivity index (χ1v) is 11.7. The molecular weight excluding hydrogens is 462 g/mol. The van der Waals surface area contributed by atoms with Gasteiger partial charge in [0.25, 0.3) is 5.91 Å². The number of halogens is 1. The van der Waals surface area contributed by atoms with E-state index in [1.165, 1.54) is 18.3 Å². The molecule has 1 aliphatic heterocycles. The number of aromatic nitrogens is 3. The number of carbonyl (C=O) groups excluding carboxylic acids is 2. The number of amides is 2. The monoisotopic (exact) mass is 485 g/mol. The van der Waals surface area contributed by atoms with E-state index in [1.54, 1.807) is 11.4 Å². The predicted octanol–water partition coefficient (Wildman–Crippen LogP) is 3.91. The molecule has 33 heavy (non-hydrogen) atoms. The molecule has 0 bridgehead atoms. The van der Waals surface area contributed by atoms with Gasteiger partial charge in [-0.3, -0.25) is 9.59 Å². The molecule has 2 aromatic heterocycles. The fourth-order valence-corrected chi connectivity index (χ4v) is 4.63. The molecule has 11 heteroatoms. The Balaban J connectivity index is 1.45. The Labute approximate surface area is 200 Å². The molecule has 3 aromatic rings. The summed E-state index contributed by atoms with van der Waals surface area (Å²) in [6.45, 7) is 6.71. The Morgan fingerprint density at radius 1 is 1.21 bits per heavy atom. The van der Waals surface area contributed by atoms with Gasteiger partial charge in [-0.25, -0.2) is 15.0 Å². The summed E-state index contributed by atoms with van der Waals surface area (Å²) >= 11 is 7.51. The molecule has 172 valence electrons. The van der Waals surface area contributed by atoms with Gasteiger partial charge in [-0.15, -0.1) is 11.3 Å². The molecule has 2 amide bonds. The van der Waals surface area contributed by atoms with Gasteiger partial charge in [0.15, 0.2) is 5.13 Å². The summed E-state index contributed by atoms with van der Waals surface area (Å²) in [6.07, 6.45) is 0.862. The molecule has 1 atom stereocenters. The predicted molar refractivity (Wildman–Crippen MR) is 131 cm³/mol. The second-order valence-corrected chi connectivity index (χ2v) is 9.10. The molecule has 1 saturated heterocycles. The summed E-state index contributed by atoms with van der Waals surface area (Å²) in [4.78, 5) is 39.5. The number of thiazole rings is 1. The minimum Gasteiger partial charge on any atom is -0.354 e. The van der Waals surface area contributed by atoms with Crippen LogP contribution in [-0.4, -0.2) is 45.9 Å². The molecule has 3 heterocycles. The Kier molecular flexibility index (Phi) is 6.75. The van der Waals surface area contributed by atoms with Gasteiger partial charge in [0.2, 0.25) is 5.91 Å². The first kappa shape index (κ1) is 22.9. The molecule has 0 aliphatic carbocycles. The van der Waals surface area contributed by atoms with Gasteiger partial charge in [0.1, 0.15) is 23.2 Å². The number of para-hydroxylation sites is 1. The summed E-state index contributed by atoms with van der Waals surface area (Å²) in [5.74, 6) is 1.61. The summed E-state index contributed by atoms with van der Waals surface area (Å²) in [7, 11) is 0. The van der Waals surface area contributed by atoms with Crippen molar-refractivity contribution in [2.75, 3.05) is 28.6 Å². The van der Waals surface area contributed by atoms with Gasteiger partial charge in [0, 0.05) is 37.5 Å². The van der Waals surface area contributed by atoms with Crippen LogP contribution in [0.3, 0.4) is 0 Å². The third kappa shape index (κ3) is 5.58. The third-order valence-corrected chi connectivity index (χ3v) is 6.25. The van der Waals surface area contributed by atoms with Gasteiger partial charge < -0.3 is 20.9 Å². The molecule has 1 aromatic carbocycles. The average Bonchev–Trinajstić information content (AvgIpc) is 3.40. The van der Waals surface area contributed by atoms with Crippen LogP contribution in [0.25, 0.3) is 0 Å². The first-order chi connectivity index (χ1) is 15.8. The van der Waals surface area contributed by atoms with Crippen molar-refractivity contribution in [2.45, 2.75) is 33.2 Å². The minimum atomic E-state index is -0.337. The van der Waals surface area contributed by atoms with Crippen LogP contribution in [0.1, 0.15) is 35.2 Å². The Morgan fingerprint density at radius 2 is 2.03 bits per heavy atom. The van der Waals surface area contributed by atoms with Gasteiger partial charge in [-0.2, -0.15) is 0 Å². The van der Waals surface area contributed by atoms with Crippen molar-refractivity contribution < 1.29 is 9.59 Å². The average molecular weight is 486 g/mol. The van der Waals surface area contributed by atoms with E-state index in [0.29, 0.717) is 34.0 Å². The van der Waals surface area contributed by atoms with Crippen LogP contribution in [0.4, 0.5) is 22.5 Å². The van der Waals surface area contributed by atoms with E-state index in [4.69, 9.17) is 11.6 Å². The maximum Gasteiger partial charge on any atom is 0.275 e. The second kappa shape index (κ2) is 9.72. The molecule has 9 nitrogen and oxygen atoms in total. The summed E-state index contributed by atoms with van der Waals surface area (Å²) < 4.78 is 0. The second-order valence-electron chi connectivity index (χ2n) is 7.84. The number of aryl methyl sites for hydroxylation is 2. The zero-order valence-electron chi connectivity index (χ0n) is 18.5. The van der Waals surface area contributed by atoms with E-state index >= 15 is 0 Å². The van der Waals surface area contributed by atoms with Crippen molar-refractivity contribution in [3.63, 3.8) is 0 Å². The van der Waals surface area contributed by atoms with Gasteiger partial charge in [-0.1, -0.05) is 23.7 Å². The fraction of sp³-hybridized carbons (Fsp3) is 0.318. The van der Waals surface area contributed by atoms with Crippen molar-refractivity contribution >= 4 is 57.2 Å². The maximum absolute atomic E-state index is 12.7. The molecule has 4 rings (SSSR count). The first-order valence-electron chi connectivity index (χ1n) is 10.4. The maximum atomic E-state index is 12.7. The van der Waals surface area contributed by atoms with Gasteiger partial charge >= 0.3 is 0 Å². The molecule has 0 spiro atoms. The highest BCUT2D eigenvalue weighted by Gasteiger charge is 2.24. The van der Waals surface area contributed by atoms with E-state index in [9.17, 15) is 9.59 Å². The highest BCUT2D eigenvalue weighted by Crippen LogP contribution is 2.27. The number of anilines is 4. The van der Waals surface area contributed by atoms with Crippen LogP contribution in [0.2, 0.25) is 5.02 Å². The van der Waals surface area contributed by atoms with Crippen molar-refractivity contribution in [1.82, 2.24) is 20.3 Å². The Morgan fingerprint density at radius 3 is 2.79 bits per heavy atom. The van der Waals surface area contributed by atoms with Gasteiger partial charge in [0.05, 0.1) is 10.7 Å². The number of hydrogen-bond acceptors (Lipinski definition) is 8. The lowest BCUT2D eigenvalue weighted by atomic mass is 10.2. The van der Waals surface area contributed by atoms with E-state index in [0.717, 1.165) is 24.3 Å². The van der Waals surface area contributed by atoms with Crippen LogP contribution in [0, 0.1) is 13.8 Å². The van der Waals surface area contributed by atoms with Crippen molar-refractivity contribution in [3.05, 3.63) is 51.7 Å². The van der Waals surface area contributed by atoms with Crippen LogP contribution in [0.5, 0.6) is 0 Å². The Bertz CT molecular complexity index is 1180. The highest BCUT2D eigenvalue weighted by molar-refractivity contribution is 7.14. The third-order valence-electron chi connectivity index (χ3n) is 5.18. The summed E-state index contributed by atoms with van der Waals surface area (Å²) in [5, 5.41) is 11.6. The number of nitrogens with zero attached hydrogens (tertiary/aromatic N) is 4. The van der Waals surface area contributed by atoms with Crippen molar-refractivity contribution in [2.24, 2.45) is 0 Å². The van der Waals surface area contributed by atoms with Gasteiger partial charge in [-0.05, 0) is 31.9 Å². The van der Waals surface area contributed by atoms with Crippen LogP contribution in [-0.2, 0) is 4.79 Å². The smallest absolute Gasteiger partial charge is 0.275 e. The normalized spacial score (nSPS) is 15.4. The Hall–Kier alpha value is -3.24. The lowest BCUT2D eigenvalue weighted by molar-refractivity contribution is -0.119. The molecule has 1 fully saturated rings. The van der Waals surface area contributed by atoms with E-state index in [1.807, 2.05) is 32.0 Å². The van der Waals surface area contributed by atoms with Crippen molar-refractivity contribution in [3.8, 4) is 0 Å². The highest BCUT2D eigenvalue weighted by atomic mass is 35.5. The number of hydrogen-bond donors (Lipinski definition) is 3. The number of carbonyl (C=O) groups is 2. The minimum absolute atomic E-state index is 0.0311. The quantitative estimate of drug-likeness (QED) is 0.485. The van der Waals surface area contributed by atoms with Crippen LogP contribution >= 0.6 is 22.9 Å². The van der Waals surface area contributed by atoms with E-state index in [2.05, 4.69) is 35.8 Å². The lowest BCUT2D eigenvalue weighted by Crippen LogP contribution is -2.35. The summed E-state index contributed by atoms with van der Waals surface area (Å²) in [6, 6.07) is 7.39. The zero-order chi connectivity index (χ0) is 23.5. The zero-order valence-corrected chi connectivity index (χ0v) is 20.0. The van der Waals surface area contributed by atoms with E-state index < -0.39 is 0 Å². The standard InChI is InChI=1S/C22H24ClN7O2S/c1-12-5-4-6-16(23)20(12)29-21(32)17-11-33-22(27-17)28-18-9-19(25-13(2)24-18)30-8-7-15(10-30)26-14(3)31/h4-6,9,11,15H,7-8,10H2,1-3H3,(H,26,31)(H,29,32)(H,24,25,27,28). The SMILES string of the molecule is CC(=O)NC1CCN(c2cc(Nc3nc(C(=O)Nc4c(C)cccc4Cl)cs3)nc(C)n2)C1. The molecule has 1 unspecified atom stereocenters. The molecule has 1 aliphatic rings. The number of rotatable bonds is 6. The largest absolute Gasteiger partial charge is 0.354 e. The lowest BCUT2D eigenvalue weighted by Gasteiger charge is -2.19. The molecule has 0 radical (unpaired) electrons. The van der Waals surface area contributed by atoms with Crippen LogP contribution < -0.4 is 20.9 Å². The number of nitrogens with one attached hydrogen (secondary N) is 3. The van der Waals surface area contributed by atoms with Crippen LogP contribution in [0.15, 0.2) is 29.6 Å². The van der Waals surface area contributed by atoms with E-state index in [-0.39, 0.29) is 23.6 Å². The van der Waals surface area contributed by atoms with Crippen molar-refractivity contribution in [1.29, 1.82) is 0 Å². The molecule has 3 N–H and O–H groups in total. The number of benzene rings is 1. The fourth-order valence-electron chi connectivity index (χ4n) is 3.66. The molecular formula is C22H24ClN7O2S.